The zero-order chi connectivity index (χ0) is 15.2. The van der Waals surface area contributed by atoms with Crippen LogP contribution in [0.15, 0.2) is 48.5 Å². The fourth-order valence-electron chi connectivity index (χ4n) is 1.80. The Balaban J connectivity index is 0.000000218. The molecule has 1 N–H and O–H groups in total. The minimum Gasteiger partial charge on any atom is -0.325 e. The van der Waals surface area contributed by atoms with Gasteiger partial charge in [0.15, 0.2) is 0 Å². The van der Waals surface area contributed by atoms with Crippen molar-refractivity contribution in [2.45, 2.75) is 0 Å². The van der Waals surface area contributed by atoms with Gasteiger partial charge in [0.25, 0.3) is 0 Å². The second-order valence-electron chi connectivity index (χ2n) is 5.08. The Morgan fingerprint density at radius 3 is 1.90 bits per heavy atom. The predicted molar refractivity (Wildman–Crippen MR) is 87.0 cm³/mol. The molecule has 0 saturated heterocycles. The molecule has 21 heavy (non-hydrogen) atoms. The van der Waals surface area contributed by atoms with Crippen molar-refractivity contribution in [2.24, 2.45) is 0 Å². The van der Waals surface area contributed by atoms with Crippen molar-refractivity contribution in [1.29, 1.82) is 0 Å². The first-order chi connectivity index (χ1) is 10.1. The summed E-state index contributed by atoms with van der Waals surface area (Å²) in [5, 5.41) is 2.78. The standard InChI is InChI=1S/C12H14N2O.C6H4/c1-4-10-5-7-11(8-6-10)13-12(15)9-14(2)3;1-2-6-4-3-5(1)6/h1,5-8H,9H2,2-3H3,(H,13,15);1-4H. The number of fused-ring (bicyclic) bond motifs is 1. The fourth-order valence-corrected chi connectivity index (χ4v) is 1.80. The summed E-state index contributed by atoms with van der Waals surface area (Å²) >= 11 is 0. The number of hydrogen-bond acceptors (Lipinski definition) is 2. The lowest BCUT2D eigenvalue weighted by molar-refractivity contribution is -0.116. The molecule has 0 saturated carbocycles. The first kappa shape index (κ1) is 14.8. The van der Waals surface area contributed by atoms with Gasteiger partial charge in [-0.3, -0.25) is 4.79 Å². The maximum absolute atomic E-state index is 11.4. The van der Waals surface area contributed by atoms with E-state index < -0.39 is 0 Å². The topological polar surface area (TPSA) is 32.3 Å². The Hall–Kier alpha value is -2.57. The molecular formula is C18H18N2O. The monoisotopic (exact) mass is 278 g/mol. The first-order valence-corrected chi connectivity index (χ1v) is 6.70. The lowest BCUT2D eigenvalue weighted by Gasteiger charge is -2.10. The molecule has 0 fully saturated rings. The number of carbonyl (C=O) groups excluding carboxylic acids is 1. The minimum atomic E-state index is -0.0338. The van der Waals surface area contributed by atoms with E-state index >= 15 is 0 Å². The van der Waals surface area contributed by atoms with Gasteiger partial charge in [0, 0.05) is 11.3 Å². The Labute approximate surface area is 125 Å². The molecule has 1 amide bonds. The number of benzene rings is 2. The van der Waals surface area contributed by atoms with Crippen LogP contribution in [0.3, 0.4) is 0 Å². The zero-order valence-electron chi connectivity index (χ0n) is 12.3. The summed E-state index contributed by atoms with van der Waals surface area (Å²) in [6.07, 6.45) is 5.22. The number of nitrogens with zero attached hydrogens (tertiary/aromatic N) is 1. The number of amides is 1. The highest BCUT2D eigenvalue weighted by Crippen LogP contribution is 2.29. The molecule has 0 radical (unpaired) electrons. The van der Waals surface area contributed by atoms with Gasteiger partial charge in [0.1, 0.15) is 0 Å². The van der Waals surface area contributed by atoms with Crippen LogP contribution in [0, 0.1) is 12.3 Å². The third-order valence-corrected chi connectivity index (χ3v) is 3.01. The van der Waals surface area contributed by atoms with Crippen LogP contribution >= 0.6 is 0 Å². The summed E-state index contributed by atoms with van der Waals surface area (Å²) in [4.78, 5) is 13.2. The molecule has 3 heteroatoms. The van der Waals surface area contributed by atoms with Crippen LogP contribution in [0.2, 0.25) is 0 Å². The molecule has 0 bridgehead atoms. The van der Waals surface area contributed by atoms with Crippen molar-refractivity contribution in [2.75, 3.05) is 26.0 Å². The van der Waals surface area contributed by atoms with Crippen molar-refractivity contribution in [3.63, 3.8) is 0 Å². The van der Waals surface area contributed by atoms with E-state index in [-0.39, 0.29) is 5.91 Å². The van der Waals surface area contributed by atoms with Crippen LogP contribution < -0.4 is 5.32 Å². The number of hydrogen-bond donors (Lipinski definition) is 1. The Kier molecular flexibility index (Phi) is 4.76. The number of carbonyl (C=O) groups is 1. The largest absolute Gasteiger partial charge is 0.325 e. The molecule has 0 spiro atoms. The number of anilines is 1. The summed E-state index contributed by atoms with van der Waals surface area (Å²) in [5.74, 6) is 2.48. The molecule has 2 aliphatic carbocycles. The van der Waals surface area contributed by atoms with E-state index in [1.807, 2.05) is 19.0 Å². The van der Waals surface area contributed by atoms with Gasteiger partial charge in [-0.05, 0) is 49.5 Å². The van der Waals surface area contributed by atoms with E-state index in [1.165, 1.54) is 11.1 Å². The van der Waals surface area contributed by atoms with E-state index in [9.17, 15) is 4.79 Å². The molecule has 0 unspecified atom stereocenters. The van der Waals surface area contributed by atoms with Crippen LogP contribution in [0.1, 0.15) is 5.56 Å². The van der Waals surface area contributed by atoms with Gasteiger partial charge in [-0.25, -0.2) is 0 Å². The van der Waals surface area contributed by atoms with E-state index in [1.54, 1.807) is 24.3 Å². The second kappa shape index (κ2) is 6.74. The summed E-state index contributed by atoms with van der Waals surface area (Å²) in [7, 11) is 3.70. The van der Waals surface area contributed by atoms with E-state index in [4.69, 9.17) is 6.42 Å². The maximum atomic E-state index is 11.4. The van der Waals surface area contributed by atoms with E-state index in [0.717, 1.165) is 11.3 Å². The SMILES string of the molecule is C#Cc1ccc(NC(=O)CN(C)C)cc1.c1cc2ccc1-2. The third kappa shape index (κ3) is 4.20. The molecule has 3 nitrogen and oxygen atoms in total. The highest BCUT2D eigenvalue weighted by molar-refractivity contribution is 5.92. The molecule has 1 aromatic carbocycles. The highest BCUT2D eigenvalue weighted by Gasteiger charge is 2.04. The van der Waals surface area contributed by atoms with Crippen LogP contribution in [0.4, 0.5) is 5.69 Å². The average molecular weight is 278 g/mol. The summed E-state index contributed by atoms with van der Waals surface area (Å²) in [5.41, 5.74) is 4.42. The van der Waals surface area contributed by atoms with Gasteiger partial charge in [-0.2, -0.15) is 0 Å². The predicted octanol–water partition coefficient (Wildman–Crippen LogP) is 2.84. The molecule has 0 aliphatic heterocycles. The lowest BCUT2D eigenvalue weighted by atomic mass is 9.95. The summed E-state index contributed by atoms with van der Waals surface area (Å²) in [6, 6.07) is 15.7. The van der Waals surface area contributed by atoms with Gasteiger partial charge in [0.05, 0.1) is 6.54 Å². The van der Waals surface area contributed by atoms with Crippen molar-refractivity contribution in [1.82, 2.24) is 4.90 Å². The van der Waals surface area contributed by atoms with Crippen LogP contribution in [-0.4, -0.2) is 31.4 Å². The highest BCUT2D eigenvalue weighted by atomic mass is 16.2. The van der Waals surface area contributed by atoms with Crippen molar-refractivity contribution in [3.8, 4) is 23.5 Å². The molecular weight excluding hydrogens is 260 g/mol. The summed E-state index contributed by atoms with van der Waals surface area (Å²) in [6.45, 7) is 0.372. The molecule has 2 aliphatic rings. The number of rotatable bonds is 3. The normalized spacial score (nSPS) is 10.2. The average Bonchev–Trinajstić information content (AvgIpc) is 2.43. The number of likely N-dealkylation sites (N-methyl/N-ethyl adjacent to an activating group) is 1. The maximum Gasteiger partial charge on any atom is 0.238 e. The molecule has 0 heterocycles. The Bertz CT molecular complexity index is 628. The number of terminal acetylenes is 1. The van der Waals surface area contributed by atoms with E-state index in [0.29, 0.717) is 6.54 Å². The molecule has 3 rings (SSSR count). The quantitative estimate of drug-likeness (QED) is 0.747. The van der Waals surface area contributed by atoms with Gasteiger partial charge in [0.2, 0.25) is 5.91 Å². The molecule has 106 valence electrons. The van der Waals surface area contributed by atoms with Crippen LogP contribution in [0.25, 0.3) is 11.1 Å². The molecule has 0 atom stereocenters. The first-order valence-electron chi connectivity index (χ1n) is 6.70. The smallest absolute Gasteiger partial charge is 0.238 e. The van der Waals surface area contributed by atoms with Gasteiger partial charge >= 0.3 is 0 Å². The molecule has 1 aromatic rings. The van der Waals surface area contributed by atoms with Crippen LogP contribution in [0.5, 0.6) is 0 Å². The van der Waals surface area contributed by atoms with Crippen molar-refractivity contribution in [3.05, 3.63) is 54.1 Å². The minimum absolute atomic E-state index is 0.0338. The van der Waals surface area contributed by atoms with Crippen molar-refractivity contribution < 1.29 is 4.79 Å². The van der Waals surface area contributed by atoms with Crippen molar-refractivity contribution >= 4 is 11.6 Å². The van der Waals surface area contributed by atoms with E-state index in [2.05, 4.69) is 35.5 Å². The van der Waals surface area contributed by atoms with Crippen LogP contribution in [-0.2, 0) is 4.79 Å². The lowest BCUT2D eigenvalue weighted by Crippen LogP contribution is -2.27. The third-order valence-electron chi connectivity index (χ3n) is 3.01. The van der Waals surface area contributed by atoms with Gasteiger partial charge in [-0.1, -0.05) is 30.2 Å². The Morgan fingerprint density at radius 2 is 1.57 bits per heavy atom. The summed E-state index contributed by atoms with van der Waals surface area (Å²) < 4.78 is 0. The number of nitrogens with one attached hydrogen (secondary N) is 1. The Morgan fingerprint density at radius 1 is 1.05 bits per heavy atom. The fraction of sp³-hybridized carbons (Fsp3) is 0.167. The van der Waals surface area contributed by atoms with Gasteiger partial charge in [-0.15, -0.1) is 6.42 Å². The zero-order valence-corrected chi connectivity index (χ0v) is 12.3. The second-order valence-corrected chi connectivity index (χ2v) is 5.08. The molecule has 0 aromatic heterocycles. The van der Waals surface area contributed by atoms with Gasteiger partial charge < -0.3 is 10.2 Å².